The summed E-state index contributed by atoms with van der Waals surface area (Å²) in [6.45, 7) is 0. The van der Waals surface area contributed by atoms with E-state index in [-0.39, 0.29) is 11.8 Å². The number of methoxy groups -OCH3 is 1. The zero-order valence-corrected chi connectivity index (χ0v) is 16.1. The van der Waals surface area contributed by atoms with Gasteiger partial charge in [0, 0.05) is 28.6 Å². The van der Waals surface area contributed by atoms with Crippen molar-refractivity contribution in [2.75, 3.05) is 17.7 Å². The normalized spacial score (nSPS) is 10.5. The number of rotatable bonds is 5. The van der Waals surface area contributed by atoms with Crippen molar-refractivity contribution in [3.8, 4) is 28.3 Å². The van der Waals surface area contributed by atoms with E-state index in [1.807, 2.05) is 12.1 Å². The molecular weight excluding hydrogens is 385 g/mol. The average molecular weight is 403 g/mol. The molecule has 0 spiro atoms. The number of carbonyl (C=O) groups excluding carboxylic acids is 1. The van der Waals surface area contributed by atoms with Gasteiger partial charge in [-0.1, -0.05) is 29.4 Å². The smallest absolute Gasteiger partial charge is 0.323 e. The van der Waals surface area contributed by atoms with Crippen LogP contribution in [-0.2, 0) is 0 Å². The number of halogens is 1. The summed E-state index contributed by atoms with van der Waals surface area (Å²) in [5, 5.41) is 9.56. The Kier molecular flexibility index (Phi) is 5.43. The Balaban J connectivity index is 1.41. The number of amides is 2. The van der Waals surface area contributed by atoms with E-state index in [0.29, 0.717) is 34.1 Å². The molecule has 4 aromatic rings. The maximum Gasteiger partial charge on any atom is 0.323 e. The van der Waals surface area contributed by atoms with Gasteiger partial charge < -0.3 is 19.9 Å². The average Bonchev–Trinajstić information content (AvgIpc) is 3.25. The molecule has 0 saturated carbocycles. The molecule has 150 valence electrons. The summed E-state index contributed by atoms with van der Waals surface area (Å²) in [5.41, 5.74) is 3.31. The predicted molar refractivity (Wildman–Crippen MR) is 113 cm³/mol. The first-order chi connectivity index (χ1) is 14.6. The van der Waals surface area contributed by atoms with Gasteiger partial charge in [-0.25, -0.2) is 9.18 Å². The molecule has 0 aliphatic heterocycles. The summed E-state index contributed by atoms with van der Waals surface area (Å²) >= 11 is 0. The van der Waals surface area contributed by atoms with Crippen molar-refractivity contribution < 1.29 is 18.4 Å². The molecule has 0 aliphatic carbocycles. The predicted octanol–water partition coefficient (Wildman–Crippen LogP) is 5.80. The van der Waals surface area contributed by atoms with Gasteiger partial charge in [-0.3, -0.25) is 0 Å². The Hall–Kier alpha value is -4.13. The standard InChI is InChI=1S/C23H18FN3O3/c1-29-20-11-9-19(10-12-20)26-23(28)25-18-7-5-15(6-8-18)21-14-22(30-27-21)16-3-2-4-17(24)13-16/h2-14H,1H3,(H2,25,26,28). The largest absolute Gasteiger partial charge is 0.497 e. The van der Waals surface area contributed by atoms with Crippen molar-refractivity contribution in [2.24, 2.45) is 0 Å². The molecule has 0 fully saturated rings. The van der Waals surface area contributed by atoms with Gasteiger partial charge >= 0.3 is 6.03 Å². The van der Waals surface area contributed by atoms with E-state index in [9.17, 15) is 9.18 Å². The summed E-state index contributed by atoms with van der Waals surface area (Å²) in [4.78, 5) is 12.2. The zero-order chi connectivity index (χ0) is 20.9. The van der Waals surface area contributed by atoms with Gasteiger partial charge in [-0.15, -0.1) is 0 Å². The quantitative estimate of drug-likeness (QED) is 0.441. The molecule has 0 radical (unpaired) electrons. The lowest BCUT2D eigenvalue weighted by Gasteiger charge is -2.08. The van der Waals surface area contributed by atoms with Crippen molar-refractivity contribution >= 4 is 17.4 Å². The molecule has 7 heteroatoms. The number of carbonyl (C=O) groups is 1. The lowest BCUT2D eigenvalue weighted by molar-refractivity contribution is 0.262. The van der Waals surface area contributed by atoms with Crippen molar-refractivity contribution in [3.63, 3.8) is 0 Å². The van der Waals surface area contributed by atoms with Crippen LogP contribution in [-0.4, -0.2) is 18.3 Å². The number of nitrogens with one attached hydrogen (secondary N) is 2. The molecule has 3 aromatic carbocycles. The monoisotopic (exact) mass is 403 g/mol. The number of nitrogens with zero attached hydrogens (tertiary/aromatic N) is 1. The first-order valence-electron chi connectivity index (χ1n) is 9.16. The van der Waals surface area contributed by atoms with Crippen LogP contribution in [0.15, 0.2) is 83.4 Å². The van der Waals surface area contributed by atoms with Crippen molar-refractivity contribution in [2.45, 2.75) is 0 Å². The second kappa shape index (κ2) is 8.48. The lowest BCUT2D eigenvalue weighted by Crippen LogP contribution is -2.19. The van der Waals surface area contributed by atoms with Crippen LogP contribution in [0.5, 0.6) is 5.75 Å². The van der Waals surface area contributed by atoms with E-state index in [1.54, 1.807) is 61.7 Å². The van der Waals surface area contributed by atoms with E-state index in [4.69, 9.17) is 9.26 Å². The van der Waals surface area contributed by atoms with E-state index >= 15 is 0 Å². The third-order valence-electron chi connectivity index (χ3n) is 4.41. The Morgan fingerprint density at radius 2 is 1.57 bits per heavy atom. The topological polar surface area (TPSA) is 76.4 Å². The fraction of sp³-hybridized carbons (Fsp3) is 0.0435. The second-order valence-corrected chi connectivity index (χ2v) is 6.47. The van der Waals surface area contributed by atoms with Gasteiger partial charge in [0.1, 0.15) is 17.3 Å². The Labute approximate surface area is 172 Å². The molecule has 0 bridgehead atoms. The van der Waals surface area contributed by atoms with Gasteiger partial charge in [0.2, 0.25) is 0 Å². The lowest BCUT2D eigenvalue weighted by atomic mass is 10.1. The van der Waals surface area contributed by atoms with Crippen LogP contribution in [0.1, 0.15) is 0 Å². The third kappa shape index (κ3) is 4.47. The molecular formula is C23H18FN3O3. The Bertz CT molecular complexity index is 1160. The van der Waals surface area contributed by atoms with E-state index in [2.05, 4.69) is 15.8 Å². The van der Waals surface area contributed by atoms with Crippen molar-refractivity contribution in [1.82, 2.24) is 5.16 Å². The molecule has 0 unspecified atom stereocenters. The molecule has 0 saturated heterocycles. The van der Waals surface area contributed by atoms with Gasteiger partial charge in [-0.2, -0.15) is 0 Å². The molecule has 4 rings (SSSR count). The molecule has 1 heterocycles. The van der Waals surface area contributed by atoms with E-state index < -0.39 is 0 Å². The highest BCUT2D eigenvalue weighted by Gasteiger charge is 2.10. The summed E-state index contributed by atoms with van der Waals surface area (Å²) in [5.74, 6) is 0.851. The highest BCUT2D eigenvalue weighted by Crippen LogP contribution is 2.27. The zero-order valence-electron chi connectivity index (χ0n) is 16.1. The highest BCUT2D eigenvalue weighted by atomic mass is 19.1. The molecule has 1 aromatic heterocycles. The summed E-state index contributed by atoms with van der Waals surface area (Å²) < 4.78 is 23.8. The van der Waals surface area contributed by atoms with Crippen LogP contribution in [0.4, 0.5) is 20.6 Å². The number of hydrogen-bond acceptors (Lipinski definition) is 4. The Morgan fingerprint density at radius 1 is 0.900 bits per heavy atom. The molecule has 30 heavy (non-hydrogen) atoms. The minimum absolute atomic E-state index is 0.339. The highest BCUT2D eigenvalue weighted by molar-refractivity contribution is 5.99. The fourth-order valence-corrected chi connectivity index (χ4v) is 2.88. The van der Waals surface area contributed by atoms with Crippen molar-refractivity contribution in [3.05, 3.63) is 84.7 Å². The maximum atomic E-state index is 13.4. The maximum absolute atomic E-state index is 13.4. The van der Waals surface area contributed by atoms with Gasteiger partial charge in [-0.05, 0) is 48.5 Å². The minimum Gasteiger partial charge on any atom is -0.497 e. The van der Waals surface area contributed by atoms with Gasteiger partial charge in [0.25, 0.3) is 0 Å². The molecule has 6 nitrogen and oxygen atoms in total. The van der Waals surface area contributed by atoms with Crippen LogP contribution in [0, 0.1) is 5.82 Å². The van der Waals surface area contributed by atoms with E-state index in [0.717, 1.165) is 5.56 Å². The molecule has 2 N–H and O–H groups in total. The van der Waals surface area contributed by atoms with Crippen LogP contribution in [0.3, 0.4) is 0 Å². The Morgan fingerprint density at radius 3 is 2.20 bits per heavy atom. The minimum atomic E-state index is -0.359. The van der Waals surface area contributed by atoms with E-state index in [1.165, 1.54) is 12.1 Å². The summed E-state index contributed by atoms with van der Waals surface area (Å²) in [6, 6.07) is 21.7. The summed E-state index contributed by atoms with van der Waals surface area (Å²) in [7, 11) is 1.58. The van der Waals surface area contributed by atoms with Gasteiger partial charge in [0.15, 0.2) is 5.76 Å². The van der Waals surface area contributed by atoms with Crippen LogP contribution in [0.25, 0.3) is 22.6 Å². The first kappa shape index (κ1) is 19.2. The number of benzene rings is 3. The molecule has 2 amide bonds. The van der Waals surface area contributed by atoms with Crippen LogP contribution < -0.4 is 15.4 Å². The number of anilines is 2. The SMILES string of the molecule is COc1ccc(NC(=O)Nc2ccc(-c3cc(-c4cccc(F)c4)on3)cc2)cc1. The number of ether oxygens (including phenoxy) is 1. The van der Waals surface area contributed by atoms with Crippen LogP contribution >= 0.6 is 0 Å². The fourth-order valence-electron chi connectivity index (χ4n) is 2.88. The number of hydrogen-bond donors (Lipinski definition) is 2. The molecule has 0 aliphatic rings. The molecule has 0 atom stereocenters. The number of urea groups is 1. The second-order valence-electron chi connectivity index (χ2n) is 6.47. The summed E-state index contributed by atoms with van der Waals surface area (Å²) in [6.07, 6.45) is 0. The van der Waals surface area contributed by atoms with Crippen LogP contribution in [0.2, 0.25) is 0 Å². The first-order valence-corrected chi connectivity index (χ1v) is 9.16. The van der Waals surface area contributed by atoms with Gasteiger partial charge in [0.05, 0.1) is 7.11 Å². The number of aromatic nitrogens is 1. The third-order valence-corrected chi connectivity index (χ3v) is 4.41. The van der Waals surface area contributed by atoms with Crippen molar-refractivity contribution in [1.29, 1.82) is 0 Å².